The summed E-state index contributed by atoms with van der Waals surface area (Å²) < 4.78 is 3.75. The molecule has 0 aromatic carbocycles. The van der Waals surface area contributed by atoms with E-state index in [4.69, 9.17) is 0 Å². The Morgan fingerprint density at radius 2 is 2.04 bits per heavy atom. The number of nitrogens with zero attached hydrogens (tertiary/aromatic N) is 5. The second kappa shape index (κ2) is 7.02. The maximum Gasteiger partial charge on any atom is 0.257 e. The molecule has 6 nitrogen and oxygen atoms in total. The average Bonchev–Trinajstić information content (AvgIpc) is 3.36. The van der Waals surface area contributed by atoms with Gasteiger partial charge in [-0.1, -0.05) is 19.3 Å². The van der Waals surface area contributed by atoms with E-state index in [1.54, 1.807) is 6.20 Å². The lowest BCUT2D eigenvalue weighted by Crippen LogP contribution is -2.38. The molecular weight excluding hydrogens is 314 g/mol. The molecule has 25 heavy (non-hydrogen) atoms. The zero-order valence-corrected chi connectivity index (χ0v) is 15.0. The Hall–Kier alpha value is -2.11. The van der Waals surface area contributed by atoms with Crippen molar-refractivity contribution in [2.24, 2.45) is 7.05 Å². The molecule has 0 bridgehead atoms. The van der Waals surface area contributed by atoms with Crippen molar-refractivity contribution in [1.82, 2.24) is 24.5 Å². The van der Waals surface area contributed by atoms with Crippen molar-refractivity contribution in [3.63, 3.8) is 0 Å². The van der Waals surface area contributed by atoms with Gasteiger partial charge in [0.05, 0.1) is 23.8 Å². The van der Waals surface area contributed by atoms with Crippen LogP contribution in [0.4, 0.5) is 0 Å². The van der Waals surface area contributed by atoms with Crippen LogP contribution >= 0.6 is 0 Å². The molecule has 1 aliphatic carbocycles. The molecule has 2 fully saturated rings. The summed E-state index contributed by atoms with van der Waals surface area (Å²) in [5.74, 6) is 0.601. The highest BCUT2D eigenvalue weighted by Crippen LogP contribution is 2.34. The Bertz CT molecular complexity index is 714. The average molecular weight is 341 g/mol. The van der Waals surface area contributed by atoms with Crippen molar-refractivity contribution in [2.75, 3.05) is 6.54 Å². The third-order valence-corrected chi connectivity index (χ3v) is 5.67. The third kappa shape index (κ3) is 3.34. The molecule has 1 saturated heterocycles. The maximum absolute atomic E-state index is 13.3. The number of likely N-dealkylation sites (tertiary alicyclic amines) is 1. The van der Waals surface area contributed by atoms with Gasteiger partial charge >= 0.3 is 0 Å². The number of aryl methyl sites for hydroxylation is 1. The molecule has 3 heterocycles. The van der Waals surface area contributed by atoms with Crippen LogP contribution in [0.5, 0.6) is 0 Å². The quantitative estimate of drug-likeness (QED) is 0.859. The summed E-state index contributed by atoms with van der Waals surface area (Å²) in [7, 11) is 1.92. The van der Waals surface area contributed by atoms with Gasteiger partial charge in [0.1, 0.15) is 0 Å². The van der Waals surface area contributed by atoms with Gasteiger partial charge in [-0.05, 0) is 31.7 Å². The van der Waals surface area contributed by atoms with Gasteiger partial charge < -0.3 is 4.90 Å². The molecular formula is C19H27N5O. The lowest BCUT2D eigenvalue weighted by Gasteiger charge is -2.26. The van der Waals surface area contributed by atoms with Crippen molar-refractivity contribution in [1.29, 1.82) is 0 Å². The van der Waals surface area contributed by atoms with E-state index < -0.39 is 0 Å². The van der Waals surface area contributed by atoms with Gasteiger partial charge in [-0.2, -0.15) is 10.2 Å². The summed E-state index contributed by atoms with van der Waals surface area (Å²) in [5, 5.41) is 8.98. The van der Waals surface area contributed by atoms with Crippen LogP contribution in [0.15, 0.2) is 24.7 Å². The Morgan fingerprint density at radius 1 is 1.20 bits per heavy atom. The molecule has 4 rings (SSSR count). The van der Waals surface area contributed by atoms with Crippen LogP contribution in [-0.2, 0) is 13.6 Å². The highest BCUT2D eigenvalue weighted by molar-refractivity contribution is 5.95. The molecule has 1 amide bonds. The van der Waals surface area contributed by atoms with E-state index in [9.17, 15) is 4.79 Å². The second-order valence-electron chi connectivity index (χ2n) is 7.46. The standard InChI is InChI=1S/C19H27N5O/c1-22-14-17(18(21-22)15-7-3-2-4-8-15)19(25)24-12-5-9-16(24)13-23-11-6-10-20-23/h6,10-11,14-16H,2-5,7-9,12-13H2,1H3/t16-/m1/s1. The van der Waals surface area contributed by atoms with Crippen LogP contribution in [0.25, 0.3) is 0 Å². The van der Waals surface area contributed by atoms with Crippen LogP contribution in [0.3, 0.4) is 0 Å². The summed E-state index contributed by atoms with van der Waals surface area (Å²) in [6.07, 6.45) is 13.9. The van der Waals surface area contributed by atoms with Gasteiger partial charge in [-0.25, -0.2) is 0 Å². The first-order valence-corrected chi connectivity index (χ1v) is 9.54. The Kier molecular flexibility index (Phi) is 4.59. The zero-order chi connectivity index (χ0) is 17.2. The summed E-state index contributed by atoms with van der Waals surface area (Å²) >= 11 is 0. The van der Waals surface area contributed by atoms with Gasteiger partial charge in [0.15, 0.2) is 0 Å². The molecule has 1 atom stereocenters. The van der Waals surface area contributed by atoms with Crippen LogP contribution < -0.4 is 0 Å². The smallest absolute Gasteiger partial charge is 0.257 e. The summed E-state index contributed by atoms with van der Waals surface area (Å²) in [5.41, 5.74) is 1.85. The van der Waals surface area contributed by atoms with Crippen molar-refractivity contribution < 1.29 is 4.79 Å². The monoisotopic (exact) mass is 341 g/mol. The number of rotatable bonds is 4. The minimum atomic E-state index is 0.156. The molecule has 0 unspecified atom stereocenters. The van der Waals surface area contributed by atoms with E-state index in [-0.39, 0.29) is 11.9 Å². The van der Waals surface area contributed by atoms with Gasteiger partial charge in [0.2, 0.25) is 0 Å². The van der Waals surface area contributed by atoms with Crippen LogP contribution in [0.1, 0.15) is 66.9 Å². The fraction of sp³-hybridized carbons (Fsp3) is 0.632. The number of amides is 1. The van der Waals surface area contributed by atoms with Crippen LogP contribution in [-0.4, -0.2) is 43.0 Å². The minimum Gasteiger partial charge on any atom is -0.334 e. The number of hydrogen-bond acceptors (Lipinski definition) is 3. The van der Waals surface area contributed by atoms with Crippen molar-refractivity contribution in [2.45, 2.75) is 63.5 Å². The lowest BCUT2D eigenvalue weighted by molar-refractivity contribution is 0.0719. The number of aromatic nitrogens is 4. The predicted molar refractivity (Wildman–Crippen MR) is 95.3 cm³/mol. The van der Waals surface area contributed by atoms with E-state index in [2.05, 4.69) is 10.2 Å². The normalized spacial score (nSPS) is 21.8. The first kappa shape index (κ1) is 16.4. The zero-order valence-electron chi connectivity index (χ0n) is 15.0. The number of carbonyl (C=O) groups is 1. The predicted octanol–water partition coefficient (Wildman–Crippen LogP) is 2.97. The SMILES string of the molecule is Cn1cc(C(=O)N2CCC[C@@H]2Cn2cccn2)c(C2CCCCC2)n1. The molecule has 0 N–H and O–H groups in total. The molecule has 2 aliphatic rings. The minimum absolute atomic E-state index is 0.156. The van der Waals surface area contributed by atoms with Crippen molar-refractivity contribution in [3.8, 4) is 0 Å². The van der Waals surface area contributed by atoms with Crippen LogP contribution in [0, 0.1) is 0 Å². The summed E-state index contributed by atoms with van der Waals surface area (Å²) in [6.45, 7) is 1.61. The van der Waals surface area contributed by atoms with E-state index in [0.29, 0.717) is 5.92 Å². The number of carbonyl (C=O) groups excluding carboxylic acids is 1. The van der Waals surface area contributed by atoms with Crippen molar-refractivity contribution >= 4 is 5.91 Å². The van der Waals surface area contributed by atoms with E-state index >= 15 is 0 Å². The highest BCUT2D eigenvalue weighted by atomic mass is 16.2. The topological polar surface area (TPSA) is 56.0 Å². The molecule has 0 spiro atoms. The molecule has 2 aromatic rings. The Morgan fingerprint density at radius 3 is 2.80 bits per heavy atom. The fourth-order valence-corrected chi connectivity index (χ4v) is 4.42. The second-order valence-corrected chi connectivity index (χ2v) is 7.46. The first-order chi connectivity index (χ1) is 12.2. The number of hydrogen-bond donors (Lipinski definition) is 0. The molecule has 0 radical (unpaired) electrons. The molecule has 1 saturated carbocycles. The first-order valence-electron chi connectivity index (χ1n) is 9.54. The van der Waals surface area contributed by atoms with Crippen molar-refractivity contribution in [3.05, 3.63) is 35.9 Å². The van der Waals surface area contributed by atoms with Crippen LogP contribution in [0.2, 0.25) is 0 Å². The molecule has 6 heteroatoms. The summed E-state index contributed by atoms with van der Waals surface area (Å²) in [4.78, 5) is 15.4. The Labute approximate surface area is 148 Å². The maximum atomic E-state index is 13.3. The Balaban J connectivity index is 1.55. The summed E-state index contributed by atoms with van der Waals surface area (Å²) in [6, 6.07) is 2.16. The molecule has 134 valence electrons. The van der Waals surface area contributed by atoms with E-state index in [1.807, 2.05) is 39.8 Å². The lowest BCUT2D eigenvalue weighted by atomic mass is 9.85. The van der Waals surface area contributed by atoms with E-state index in [1.165, 1.54) is 19.3 Å². The fourth-order valence-electron chi connectivity index (χ4n) is 4.42. The molecule has 2 aromatic heterocycles. The molecule has 1 aliphatic heterocycles. The van der Waals surface area contributed by atoms with Gasteiger partial charge in [-0.15, -0.1) is 0 Å². The van der Waals surface area contributed by atoms with Gasteiger partial charge in [0, 0.05) is 38.1 Å². The highest BCUT2D eigenvalue weighted by Gasteiger charge is 2.33. The van der Waals surface area contributed by atoms with E-state index in [0.717, 1.165) is 50.0 Å². The largest absolute Gasteiger partial charge is 0.334 e. The van der Waals surface area contributed by atoms with Gasteiger partial charge in [0.25, 0.3) is 5.91 Å². The van der Waals surface area contributed by atoms with Gasteiger partial charge in [-0.3, -0.25) is 14.2 Å². The third-order valence-electron chi connectivity index (χ3n) is 5.67.